The SMILES string of the molecule is CC(=O)O[C@@H]1[C@@H](OC(C)=O)[C@@H](OC(=N)C(Cl)(Cl)Cl)O[C@H](COC(c2ccccc2)(c2ccccc2)c2ccccc2)[C@H]1OC(C)=O. The number of esters is 3. The molecule has 0 bridgehead atoms. The summed E-state index contributed by atoms with van der Waals surface area (Å²) < 4.78 is 32.9. The zero-order valence-electron chi connectivity index (χ0n) is 25.1. The van der Waals surface area contributed by atoms with Gasteiger partial charge in [-0.25, -0.2) is 0 Å². The molecule has 46 heavy (non-hydrogen) atoms. The summed E-state index contributed by atoms with van der Waals surface area (Å²) in [6.45, 7) is 3.09. The molecule has 244 valence electrons. The van der Waals surface area contributed by atoms with Crippen LogP contribution in [-0.2, 0) is 48.4 Å². The molecule has 5 atom stereocenters. The number of nitrogens with one attached hydrogen (secondary N) is 1. The van der Waals surface area contributed by atoms with E-state index in [0.717, 1.165) is 37.5 Å². The maximum Gasteiger partial charge on any atom is 0.303 e. The van der Waals surface area contributed by atoms with E-state index in [1.807, 2.05) is 91.0 Å². The molecule has 1 saturated heterocycles. The number of hydrogen-bond acceptors (Lipinski definition) is 10. The Morgan fingerprint density at radius 2 is 1.04 bits per heavy atom. The lowest BCUT2D eigenvalue weighted by Crippen LogP contribution is -2.63. The Morgan fingerprint density at radius 3 is 1.43 bits per heavy atom. The van der Waals surface area contributed by atoms with Gasteiger partial charge in [-0.3, -0.25) is 19.8 Å². The van der Waals surface area contributed by atoms with Gasteiger partial charge in [-0.1, -0.05) is 126 Å². The normalized spacial score (nSPS) is 21.5. The van der Waals surface area contributed by atoms with E-state index >= 15 is 0 Å². The van der Waals surface area contributed by atoms with Crippen LogP contribution >= 0.6 is 34.8 Å². The van der Waals surface area contributed by atoms with Crippen molar-refractivity contribution in [3.8, 4) is 0 Å². The largest absolute Gasteiger partial charge is 0.456 e. The second-order valence-electron chi connectivity index (χ2n) is 10.3. The molecular formula is C33H32Cl3NO9. The van der Waals surface area contributed by atoms with Crippen molar-refractivity contribution in [1.82, 2.24) is 0 Å². The van der Waals surface area contributed by atoms with Gasteiger partial charge in [0.1, 0.15) is 11.7 Å². The molecule has 0 amide bonds. The Morgan fingerprint density at radius 1 is 0.652 bits per heavy atom. The molecule has 1 aliphatic heterocycles. The van der Waals surface area contributed by atoms with Gasteiger partial charge in [0.15, 0.2) is 12.2 Å². The zero-order valence-corrected chi connectivity index (χ0v) is 27.3. The van der Waals surface area contributed by atoms with Crippen molar-refractivity contribution in [1.29, 1.82) is 5.41 Å². The van der Waals surface area contributed by atoms with Gasteiger partial charge in [-0.05, 0) is 16.7 Å². The van der Waals surface area contributed by atoms with E-state index < -0.39 is 63.9 Å². The molecule has 4 rings (SSSR count). The predicted octanol–water partition coefficient (Wildman–Crippen LogP) is 5.88. The standard InChI is InChI=1S/C33H32Cl3NO9/c1-20(38)42-27-26(45-30(46-31(37)33(34,35)36)29(44-22(3)40)28(27)43-21(2)39)19-41-32(23-13-7-4-8-14-23,24-15-9-5-10-16-24)25-17-11-6-12-18-25/h4-18,26-30,37H,19H2,1-3H3/t26-,27-,28+,29-,30-/m1/s1. The summed E-state index contributed by atoms with van der Waals surface area (Å²) in [6, 6.07) is 28.4. The molecule has 0 saturated carbocycles. The van der Waals surface area contributed by atoms with Crippen LogP contribution in [0.4, 0.5) is 0 Å². The molecule has 10 nitrogen and oxygen atoms in total. The first-order valence-corrected chi connectivity index (χ1v) is 15.3. The maximum absolute atomic E-state index is 12.4. The van der Waals surface area contributed by atoms with Gasteiger partial charge in [0.2, 0.25) is 18.3 Å². The Balaban J connectivity index is 1.85. The smallest absolute Gasteiger partial charge is 0.303 e. The van der Waals surface area contributed by atoms with Crippen LogP contribution in [0.3, 0.4) is 0 Å². The highest BCUT2D eigenvalue weighted by Gasteiger charge is 2.54. The average Bonchev–Trinajstić information content (AvgIpc) is 3.01. The monoisotopic (exact) mass is 691 g/mol. The zero-order chi connectivity index (χ0) is 33.5. The van der Waals surface area contributed by atoms with E-state index in [1.165, 1.54) is 0 Å². The Hall–Kier alpha value is -3.67. The highest BCUT2D eigenvalue weighted by molar-refractivity contribution is 6.76. The first kappa shape index (κ1) is 35.2. The van der Waals surface area contributed by atoms with E-state index in [4.69, 9.17) is 68.6 Å². The molecule has 0 radical (unpaired) electrons. The van der Waals surface area contributed by atoms with Crippen molar-refractivity contribution in [2.75, 3.05) is 6.61 Å². The Labute approximate surface area is 281 Å². The number of carbonyl (C=O) groups is 3. The lowest BCUT2D eigenvalue weighted by molar-refractivity contribution is -0.295. The molecule has 0 unspecified atom stereocenters. The lowest BCUT2D eigenvalue weighted by atomic mass is 9.80. The van der Waals surface area contributed by atoms with Crippen LogP contribution in [0.2, 0.25) is 0 Å². The molecule has 0 aromatic heterocycles. The first-order valence-electron chi connectivity index (χ1n) is 14.1. The van der Waals surface area contributed by atoms with Gasteiger partial charge in [-0.15, -0.1) is 0 Å². The summed E-state index contributed by atoms with van der Waals surface area (Å²) >= 11 is 17.6. The van der Waals surface area contributed by atoms with Crippen LogP contribution in [0, 0.1) is 5.41 Å². The number of alkyl halides is 3. The summed E-state index contributed by atoms with van der Waals surface area (Å²) in [5.41, 5.74) is 1.09. The van der Waals surface area contributed by atoms with E-state index in [9.17, 15) is 14.4 Å². The third-order valence-electron chi connectivity index (χ3n) is 6.99. The van der Waals surface area contributed by atoms with Crippen LogP contribution in [0.25, 0.3) is 0 Å². The second-order valence-corrected chi connectivity index (χ2v) is 12.6. The molecule has 1 fully saturated rings. The fourth-order valence-corrected chi connectivity index (χ4v) is 5.38. The summed E-state index contributed by atoms with van der Waals surface area (Å²) in [6.07, 6.45) is -7.27. The van der Waals surface area contributed by atoms with Crippen molar-refractivity contribution >= 4 is 58.6 Å². The minimum atomic E-state index is -2.32. The van der Waals surface area contributed by atoms with Crippen molar-refractivity contribution in [2.24, 2.45) is 0 Å². The number of halogens is 3. The molecule has 13 heteroatoms. The van der Waals surface area contributed by atoms with Gasteiger partial charge in [-0.2, -0.15) is 0 Å². The summed E-state index contributed by atoms with van der Waals surface area (Å²) in [5.74, 6) is -3.21. The highest BCUT2D eigenvalue weighted by Crippen LogP contribution is 2.42. The van der Waals surface area contributed by atoms with Crippen LogP contribution in [0.1, 0.15) is 37.5 Å². The predicted molar refractivity (Wildman–Crippen MR) is 170 cm³/mol. The molecular weight excluding hydrogens is 661 g/mol. The van der Waals surface area contributed by atoms with Crippen LogP contribution in [-0.4, -0.2) is 64.9 Å². The molecule has 3 aromatic rings. The van der Waals surface area contributed by atoms with Gasteiger partial charge < -0.3 is 28.4 Å². The van der Waals surface area contributed by atoms with E-state index in [1.54, 1.807) is 0 Å². The van der Waals surface area contributed by atoms with Crippen molar-refractivity contribution in [2.45, 2.75) is 60.9 Å². The summed E-state index contributed by atoms with van der Waals surface area (Å²) in [7, 11) is 0. The van der Waals surface area contributed by atoms with Crippen molar-refractivity contribution in [3.05, 3.63) is 108 Å². The van der Waals surface area contributed by atoms with Crippen LogP contribution in [0.5, 0.6) is 0 Å². The minimum Gasteiger partial charge on any atom is -0.456 e. The molecule has 3 aromatic carbocycles. The van der Waals surface area contributed by atoms with Crippen molar-refractivity contribution in [3.63, 3.8) is 0 Å². The summed E-state index contributed by atoms with van der Waals surface area (Å²) in [4.78, 5) is 36.9. The fourth-order valence-electron chi connectivity index (χ4n) is 5.24. The number of rotatable bonds is 10. The van der Waals surface area contributed by atoms with E-state index in [0.29, 0.717) is 0 Å². The first-order chi connectivity index (χ1) is 21.8. The Kier molecular flexibility index (Phi) is 11.7. The minimum absolute atomic E-state index is 0.303. The summed E-state index contributed by atoms with van der Waals surface area (Å²) in [5, 5.41) is 8.16. The molecule has 1 N–H and O–H groups in total. The van der Waals surface area contributed by atoms with Crippen molar-refractivity contribution < 1.29 is 42.8 Å². The second kappa shape index (κ2) is 15.3. The molecule has 0 spiro atoms. The topological polar surface area (TPSA) is 130 Å². The van der Waals surface area contributed by atoms with Gasteiger partial charge >= 0.3 is 17.9 Å². The average molecular weight is 693 g/mol. The number of ether oxygens (including phenoxy) is 6. The maximum atomic E-state index is 12.4. The quantitative estimate of drug-likeness (QED) is 0.0692. The molecule has 1 aliphatic rings. The number of carbonyl (C=O) groups excluding carboxylic acids is 3. The van der Waals surface area contributed by atoms with E-state index in [-0.39, 0.29) is 6.61 Å². The highest BCUT2D eigenvalue weighted by atomic mass is 35.6. The van der Waals surface area contributed by atoms with Gasteiger partial charge in [0, 0.05) is 20.8 Å². The van der Waals surface area contributed by atoms with Gasteiger partial charge in [0.05, 0.1) is 6.61 Å². The third kappa shape index (κ3) is 8.37. The fraction of sp³-hybridized carbons (Fsp3) is 0.333. The Bertz CT molecular complexity index is 1410. The van der Waals surface area contributed by atoms with Crippen LogP contribution in [0.15, 0.2) is 91.0 Å². The van der Waals surface area contributed by atoms with Gasteiger partial charge in [0.25, 0.3) is 3.79 Å². The number of hydrogen-bond donors (Lipinski definition) is 1. The molecule has 0 aliphatic carbocycles. The van der Waals surface area contributed by atoms with Crippen LogP contribution < -0.4 is 0 Å². The van der Waals surface area contributed by atoms with E-state index in [2.05, 4.69) is 0 Å². The molecule has 1 heterocycles. The number of benzene rings is 3. The third-order valence-corrected chi connectivity index (χ3v) is 7.51. The lowest BCUT2D eigenvalue weighted by Gasteiger charge is -2.45.